The van der Waals surface area contributed by atoms with Crippen LogP contribution in [0.1, 0.15) is 11.1 Å². The highest BCUT2D eigenvalue weighted by atomic mass is 79.9. The van der Waals surface area contributed by atoms with Crippen molar-refractivity contribution in [3.05, 3.63) is 69.8 Å². The van der Waals surface area contributed by atoms with Gasteiger partial charge in [-0.2, -0.15) is 0 Å². The third kappa shape index (κ3) is 4.26. The second kappa shape index (κ2) is 8.64. The average molecular weight is 498 g/mol. The van der Waals surface area contributed by atoms with Crippen LogP contribution in [0.2, 0.25) is 0 Å². The van der Waals surface area contributed by atoms with Gasteiger partial charge in [0, 0.05) is 34.2 Å². The first kappa shape index (κ1) is 21.3. The summed E-state index contributed by atoms with van der Waals surface area (Å²) in [5, 5.41) is 3.57. The lowest BCUT2D eigenvalue weighted by molar-refractivity contribution is -0.128. The van der Waals surface area contributed by atoms with Gasteiger partial charge in [0.2, 0.25) is 0 Å². The number of carbonyl (C=O) groups excluding carboxylic acids is 2. The molecule has 1 aliphatic heterocycles. The third-order valence-electron chi connectivity index (χ3n) is 5.16. The van der Waals surface area contributed by atoms with Gasteiger partial charge in [-0.05, 0) is 55.0 Å². The Hall–Kier alpha value is -2.97. The number of likely N-dealkylation sites (N-methyl/N-ethyl adjacent to an activating group) is 1. The van der Waals surface area contributed by atoms with Crippen LogP contribution in [0.25, 0.3) is 17.0 Å². The lowest BCUT2D eigenvalue weighted by atomic mass is 10.1. The highest BCUT2D eigenvalue weighted by Crippen LogP contribution is 2.28. The number of hydrogen-bond acceptors (Lipinski definition) is 4. The van der Waals surface area contributed by atoms with Crippen LogP contribution in [0.15, 0.2) is 58.7 Å². The molecule has 1 aromatic heterocycles. The van der Waals surface area contributed by atoms with Crippen molar-refractivity contribution < 1.29 is 14.3 Å². The minimum atomic E-state index is -0.494. The van der Waals surface area contributed by atoms with E-state index in [1.807, 2.05) is 55.6 Å². The average Bonchev–Trinajstić information content (AvgIpc) is 3.07. The number of para-hydroxylation sites is 1. The van der Waals surface area contributed by atoms with Crippen molar-refractivity contribution in [3.63, 3.8) is 0 Å². The molecular weight excluding hydrogens is 478 g/mol. The fraction of sp³-hybridized carbons (Fsp3) is 0.174. The molecule has 0 atom stereocenters. The molecule has 2 heterocycles. The van der Waals surface area contributed by atoms with Gasteiger partial charge in [-0.3, -0.25) is 19.8 Å². The molecule has 0 bridgehead atoms. The maximum absolute atomic E-state index is 12.6. The van der Waals surface area contributed by atoms with Gasteiger partial charge >= 0.3 is 0 Å². The summed E-state index contributed by atoms with van der Waals surface area (Å²) in [7, 11) is 1.54. The van der Waals surface area contributed by atoms with Crippen molar-refractivity contribution >= 4 is 62.1 Å². The summed E-state index contributed by atoms with van der Waals surface area (Å²) in [6.45, 7) is 3.11. The number of hydrogen-bond donors (Lipinski definition) is 1. The second-order valence-electron chi connectivity index (χ2n) is 7.23. The highest BCUT2D eigenvalue weighted by Gasteiger charge is 2.31. The first-order chi connectivity index (χ1) is 14.8. The summed E-state index contributed by atoms with van der Waals surface area (Å²) in [5.41, 5.74) is 2.88. The Kier molecular flexibility index (Phi) is 5.93. The van der Waals surface area contributed by atoms with Gasteiger partial charge in [0.25, 0.3) is 11.8 Å². The topological polar surface area (TPSA) is 63.6 Å². The van der Waals surface area contributed by atoms with E-state index in [0.717, 1.165) is 32.3 Å². The van der Waals surface area contributed by atoms with Crippen LogP contribution >= 0.6 is 28.1 Å². The molecule has 158 valence electrons. The quantitative estimate of drug-likeness (QED) is 0.328. The van der Waals surface area contributed by atoms with Gasteiger partial charge in [0.05, 0.1) is 6.54 Å². The van der Waals surface area contributed by atoms with Crippen LogP contribution in [-0.2, 0) is 16.1 Å². The van der Waals surface area contributed by atoms with Crippen molar-refractivity contribution in [2.45, 2.75) is 13.5 Å². The van der Waals surface area contributed by atoms with E-state index in [0.29, 0.717) is 13.2 Å². The van der Waals surface area contributed by atoms with E-state index in [1.165, 1.54) is 4.90 Å². The number of aromatic nitrogens is 1. The zero-order valence-corrected chi connectivity index (χ0v) is 19.4. The van der Waals surface area contributed by atoms with E-state index < -0.39 is 11.8 Å². The molecule has 0 saturated carbocycles. The molecule has 1 N–H and O–H groups in total. The number of nitrogens with one attached hydrogen (secondary N) is 1. The number of benzene rings is 2. The summed E-state index contributed by atoms with van der Waals surface area (Å²) < 4.78 is 8.92. The van der Waals surface area contributed by atoms with Crippen LogP contribution in [0.5, 0.6) is 5.75 Å². The predicted octanol–water partition coefficient (Wildman–Crippen LogP) is 4.05. The number of halogens is 1. The van der Waals surface area contributed by atoms with Crippen molar-refractivity contribution in [2.24, 2.45) is 0 Å². The zero-order valence-electron chi connectivity index (χ0n) is 17.0. The molecule has 1 saturated heterocycles. The first-order valence-electron chi connectivity index (χ1n) is 9.67. The Morgan fingerprint density at radius 3 is 2.74 bits per heavy atom. The fourth-order valence-electron chi connectivity index (χ4n) is 3.47. The van der Waals surface area contributed by atoms with Crippen molar-refractivity contribution in [1.29, 1.82) is 0 Å². The smallest absolute Gasteiger partial charge is 0.265 e. The molecule has 1 fully saturated rings. The lowest BCUT2D eigenvalue weighted by Crippen LogP contribution is -2.52. The van der Waals surface area contributed by atoms with Gasteiger partial charge in [-0.1, -0.05) is 34.1 Å². The molecule has 8 heteroatoms. The molecule has 0 aliphatic carbocycles. The standard InChI is InChI=1S/C23H20BrN3O3S/c1-14-5-3-4-6-20(14)30-10-9-27-13-15(17-12-16(24)7-8-19(17)27)11-18-21(28)25-23(31)26(2)22(18)29/h3-8,11-13H,9-10H2,1-2H3,(H,25,28,31)/b18-11-. The summed E-state index contributed by atoms with van der Waals surface area (Å²) in [5.74, 6) is -0.0630. The van der Waals surface area contributed by atoms with Crippen LogP contribution in [0, 0.1) is 6.92 Å². The van der Waals surface area contributed by atoms with Gasteiger partial charge < -0.3 is 9.30 Å². The number of amides is 2. The van der Waals surface area contributed by atoms with Crippen LogP contribution in [0.4, 0.5) is 0 Å². The van der Waals surface area contributed by atoms with E-state index in [-0.39, 0.29) is 10.7 Å². The maximum atomic E-state index is 12.6. The van der Waals surface area contributed by atoms with Crippen molar-refractivity contribution in [3.8, 4) is 5.75 Å². The molecule has 3 aromatic rings. The SMILES string of the molecule is Cc1ccccc1OCCn1cc(/C=C2/C(=O)NC(=S)N(C)C2=O)c2cc(Br)ccc21. The largest absolute Gasteiger partial charge is 0.491 e. The molecule has 6 nitrogen and oxygen atoms in total. The minimum absolute atomic E-state index is 0.0475. The number of fused-ring (bicyclic) bond motifs is 1. The number of carbonyl (C=O) groups is 2. The zero-order chi connectivity index (χ0) is 22.1. The molecule has 31 heavy (non-hydrogen) atoms. The molecule has 2 amide bonds. The molecule has 1 aliphatic rings. The molecule has 4 rings (SSSR count). The summed E-state index contributed by atoms with van der Waals surface area (Å²) >= 11 is 8.52. The molecule has 0 unspecified atom stereocenters. The Morgan fingerprint density at radius 2 is 1.97 bits per heavy atom. The Balaban J connectivity index is 1.66. The Labute approximate surface area is 193 Å². The van der Waals surface area contributed by atoms with Crippen LogP contribution < -0.4 is 10.1 Å². The Morgan fingerprint density at radius 1 is 1.19 bits per heavy atom. The highest BCUT2D eigenvalue weighted by molar-refractivity contribution is 9.10. The molecular formula is C23H20BrN3O3S. The van der Waals surface area contributed by atoms with Crippen molar-refractivity contribution in [2.75, 3.05) is 13.7 Å². The normalized spacial score (nSPS) is 15.6. The lowest BCUT2D eigenvalue weighted by Gasteiger charge is -2.24. The number of nitrogens with zero attached hydrogens (tertiary/aromatic N) is 2. The number of rotatable bonds is 5. The fourth-order valence-corrected chi connectivity index (χ4v) is 4.01. The molecule has 0 spiro atoms. The van der Waals surface area contributed by atoms with Gasteiger partial charge in [0.15, 0.2) is 5.11 Å². The summed E-state index contributed by atoms with van der Waals surface area (Å²) in [4.78, 5) is 26.2. The van der Waals surface area contributed by atoms with Gasteiger partial charge in [0.1, 0.15) is 17.9 Å². The molecule has 2 aromatic carbocycles. The maximum Gasteiger partial charge on any atom is 0.265 e. The second-order valence-corrected chi connectivity index (χ2v) is 8.54. The number of ether oxygens (including phenoxy) is 1. The minimum Gasteiger partial charge on any atom is -0.491 e. The number of thiocarbonyl (C=S) groups is 1. The third-order valence-corrected chi connectivity index (χ3v) is 6.03. The van der Waals surface area contributed by atoms with E-state index in [4.69, 9.17) is 17.0 Å². The van der Waals surface area contributed by atoms with E-state index >= 15 is 0 Å². The Bertz CT molecular complexity index is 1250. The predicted molar refractivity (Wildman–Crippen MR) is 128 cm³/mol. The first-order valence-corrected chi connectivity index (χ1v) is 10.9. The van der Waals surface area contributed by atoms with E-state index in [2.05, 4.69) is 25.8 Å². The summed E-state index contributed by atoms with van der Waals surface area (Å²) in [6.07, 6.45) is 3.54. The number of aryl methyl sites for hydroxylation is 1. The van der Waals surface area contributed by atoms with E-state index in [1.54, 1.807) is 13.1 Å². The van der Waals surface area contributed by atoms with Gasteiger partial charge in [-0.25, -0.2) is 0 Å². The van der Waals surface area contributed by atoms with Crippen LogP contribution in [-0.4, -0.2) is 40.0 Å². The summed E-state index contributed by atoms with van der Waals surface area (Å²) in [6, 6.07) is 13.8. The van der Waals surface area contributed by atoms with Crippen molar-refractivity contribution in [1.82, 2.24) is 14.8 Å². The van der Waals surface area contributed by atoms with Crippen LogP contribution in [0.3, 0.4) is 0 Å². The van der Waals surface area contributed by atoms with Gasteiger partial charge in [-0.15, -0.1) is 0 Å². The monoisotopic (exact) mass is 497 g/mol. The van der Waals surface area contributed by atoms with E-state index in [9.17, 15) is 9.59 Å². The molecule has 0 radical (unpaired) electrons.